The van der Waals surface area contributed by atoms with E-state index in [2.05, 4.69) is 20.9 Å². The Morgan fingerprint density at radius 1 is 1.07 bits per heavy atom. The molecule has 27 heavy (non-hydrogen) atoms. The summed E-state index contributed by atoms with van der Waals surface area (Å²) in [5.41, 5.74) is 2.42. The van der Waals surface area contributed by atoms with Crippen molar-refractivity contribution in [1.82, 2.24) is 9.88 Å². The van der Waals surface area contributed by atoms with Gasteiger partial charge >= 0.3 is 0 Å². The minimum absolute atomic E-state index is 0.0610. The molecule has 1 aliphatic heterocycles. The van der Waals surface area contributed by atoms with Gasteiger partial charge in [-0.2, -0.15) is 0 Å². The van der Waals surface area contributed by atoms with Gasteiger partial charge in [0.05, 0.1) is 4.47 Å². The fourth-order valence-corrected chi connectivity index (χ4v) is 4.15. The third-order valence-corrected chi connectivity index (χ3v) is 5.77. The number of fused-ring (bicyclic) bond motifs is 2. The number of hydrogen-bond acceptors (Lipinski definition) is 4. The molecular formula is C21H17BrN2O3. The molecular weight excluding hydrogens is 408 g/mol. The predicted molar refractivity (Wildman–Crippen MR) is 106 cm³/mol. The van der Waals surface area contributed by atoms with Crippen LogP contribution in [0.15, 0.2) is 61.8 Å². The van der Waals surface area contributed by atoms with Crippen molar-refractivity contribution in [3.8, 4) is 0 Å². The summed E-state index contributed by atoms with van der Waals surface area (Å²) in [4.78, 5) is 19.3. The molecule has 1 aliphatic rings. The number of benzene rings is 2. The van der Waals surface area contributed by atoms with Crippen molar-refractivity contribution >= 4 is 43.9 Å². The van der Waals surface area contributed by atoms with Gasteiger partial charge in [-0.15, -0.1) is 0 Å². The molecule has 1 fully saturated rings. The van der Waals surface area contributed by atoms with E-state index in [0.717, 1.165) is 39.7 Å². The molecule has 2 aromatic heterocycles. The maximum Gasteiger partial charge on any atom is 0.289 e. The second kappa shape index (κ2) is 6.53. The van der Waals surface area contributed by atoms with Crippen LogP contribution in [0.3, 0.4) is 0 Å². The van der Waals surface area contributed by atoms with E-state index in [9.17, 15) is 4.79 Å². The van der Waals surface area contributed by atoms with E-state index in [1.807, 2.05) is 53.4 Å². The van der Waals surface area contributed by atoms with Crippen LogP contribution < -0.4 is 0 Å². The van der Waals surface area contributed by atoms with Gasteiger partial charge in [0.15, 0.2) is 17.2 Å². The van der Waals surface area contributed by atoms with Crippen molar-refractivity contribution in [2.24, 2.45) is 0 Å². The van der Waals surface area contributed by atoms with E-state index in [1.165, 1.54) is 0 Å². The Kier molecular flexibility index (Phi) is 4.01. The van der Waals surface area contributed by atoms with Crippen LogP contribution in [0.4, 0.5) is 0 Å². The van der Waals surface area contributed by atoms with Crippen molar-refractivity contribution in [3.63, 3.8) is 0 Å². The highest BCUT2D eigenvalue weighted by Crippen LogP contribution is 2.32. The van der Waals surface area contributed by atoms with Crippen molar-refractivity contribution in [3.05, 3.63) is 64.7 Å². The zero-order chi connectivity index (χ0) is 18.4. The van der Waals surface area contributed by atoms with Gasteiger partial charge < -0.3 is 13.7 Å². The zero-order valence-electron chi connectivity index (χ0n) is 14.5. The Labute approximate surface area is 164 Å². The number of furan rings is 1. The van der Waals surface area contributed by atoms with E-state index < -0.39 is 0 Å². The molecule has 0 saturated carbocycles. The van der Waals surface area contributed by atoms with Gasteiger partial charge in [0.2, 0.25) is 0 Å². The van der Waals surface area contributed by atoms with Crippen LogP contribution in [0.25, 0.3) is 22.1 Å². The highest BCUT2D eigenvalue weighted by Gasteiger charge is 2.29. The van der Waals surface area contributed by atoms with Crippen LogP contribution in [0.1, 0.15) is 35.2 Å². The minimum atomic E-state index is -0.0610. The standard InChI is InChI=1S/C21H17BrN2O3/c22-15-5-3-4-14-12-18(26-19(14)15)21(25)24-10-8-13(9-11-24)20-23-16-6-1-2-7-17(16)27-20/h1-7,12-13H,8-11H2. The molecule has 0 atom stereocenters. The number of hydrogen-bond donors (Lipinski definition) is 0. The van der Waals surface area contributed by atoms with Gasteiger partial charge in [-0.25, -0.2) is 4.98 Å². The monoisotopic (exact) mass is 424 g/mol. The minimum Gasteiger partial charge on any atom is -0.450 e. The Bertz CT molecular complexity index is 1110. The summed E-state index contributed by atoms with van der Waals surface area (Å²) in [6, 6.07) is 15.4. The Balaban J connectivity index is 1.31. The first-order valence-corrected chi connectivity index (χ1v) is 9.81. The maximum atomic E-state index is 12.8. The molecule has 3 heterocycles. The molecule has 136 valence electrons. The number of para-hydroxylation sites is 3. The van der Waals surface area contributed by atoms with Crippen LogP contribution in [0, 0.1) is 0 Å². The summed E-state index contributed by atoms with van der Waals surface area (Å²) >= 11 is 3.47. The molecule has 5 nitrogen and oxygen atoms in total. The number of piperidine rings is 1. The Hall–Kier alpha value is -2.60. The largest absolute Gasteiger partial charge is 0.450 e. The average Bonchev–Trinajstić information content (AvgIpc) is 3.32. The topological polar surface area (TPSA) is 59.5 Å². The molecule has 0 aliphatic carbocycles. The van der Waals surface area contributed by atoms with Crippen molar-refractivity contribution < 1.29 is 13.6 Å². The molecule has 1 saturated heterocycles. The predicted octanol–water partition coefficient (Wildman–Crippen LogP) is 5.36. The van der Waals surface area contributed by atoms with Crippen LogP contribution >= 0.6 is 15.9 Å². The fraction of sp³-hybridized carbons (Fsp3) is 0.238. The number of amides is 1. The lowest BCUT2D eigenvalue weighted by Gasteiger charge is -2.29. The summed E-state index contributed by atoms with van der Waals surface area (Å²) in [5.74, 6) is 1.34. The molecule has 1 amide bonds. The number of rotatable bonds is 2. The number of nitrogens with zero attached hydrogens (tertiary/aromatic N) is 2. The van der Waals surface area contributed by atoms with Gasteiger partial charge in [-0.1, -0.05) is 24.3 Å². The molecule has 2 aromatic carbocycles. The van der Waals surface area contributed by atoms with Crippen LogP contribution in [-0.2, 0) is 0 Å². The normalized spacial score (nSPS) is 15.7. The van der Waals surface area contributed by atoms with Crippen LogP contribution in [-0.4, -0.2) is 28.9 Å². The van der Waals surface area contributed by atoms with E-state index in [4.69, 9.17) is 8.83 Å². The first-order chi connectivity index (χ1) is 13.2. The smallest absolute Gasteiger partial charge is 0.289 e. The number of carbonyl (C=O) groups is 1. The SMILES string of the molecule is O=C(c1cc2cccc(Br)c2o1)N1CCC(c2nc3ccccc3o2)CC1. The Morgan fingerprint density at radius 3 is 2.67 bits per heavy atom. The van der Waals surface area contributed by atoms with Gasteiger partial charge in [-0.05, 0) is 53.0 Å². The quantitative estimate of drug-likeness (QED) is 0.434. The molecule has 6 heteroatoms. The lowest BCUT2D eigenvalue weighted by molar-refractivity contribution is 0.0677. The highest BCUT2D eigenvalue weighted by molar-refractivity contribution is 9.10. The van der Waals surface area contributed by atoms with E-state index >= 15 is 0 Å². The molecule has 0 bridgehead atoms. The lowest BCUT2D eigenvalue weighted by Crippen LogP contribution is -2.37. The van der Waals surface area contributed by atoms with Gasteiger partial charge in [0.1, 0.15) is 11.1 Å². The third kappa shape index (κ3) is 2.94. The van der Waals surface area contributed by atoms with E-state index in [0.29, 0.717) is 24.4 Å². The lowest BCUT2D eigenvalue weighted by atomic mass is 9.96. The van der Waals surface area contributed by atoms with E-state index in [-0.39, 0.29) is 11.8 Å². The van der Waals surface area contributed by atoms with Crippen molar-refractivity contribution in [2.75, 3.05) is 13.1 Å². The zero-order valence-corrected chi connectivity index (χ0v) is 16.1. The second-order valence-corrected chi connectivity index (χ2v) is 7.71. The summed E-state index contributed by atoms with van der Waals surface area (Å²) in [7, 11) is 0. The van der Waals surface area contributed by atoms with Gasteiger partial charge in [0.25, 0.3) is 5.91 Å². The summed E-state index contributed by atoms with van der Waals surface area (Å²) in [5, 5.41) is 0.925. The number of likely N-dealkylation sites (tertiary alicyclic amines) is 1. The van der Waals surface area contributed by atoms with Crippen molar-refractivity contribution in [2.45, 2.75) is 18.8 Å². The highest BCUT2D eigenvalue weighted by atomic mass is 79.9. The van der Waals surface area contributed by atoms with Crippen molar-refractivity contribution in [1.29, 1.82) is 0 Å². The number of halogens is 1. The van der Waals surface area contributed by atoms with Crippen LogP contribution in [0.5, 0.6) is 0 Å². The molecule has 4 aromatic rings. The molecule has 5 rings (SSSR count). The first-order valence-electron chi connectivity index (χ1n) is 9.02. The first kappa shape index (κ1) is 16.6. The van der Waals surface area contributed by atoms with Gasteiger partial charge in [-0.3, -0.25) is 4.79 Å². The average molecular weight is 425 g/mol. The molecule has 0 unspecified atom stereocenters. The number of carbonyl (C=O) groups excluding carboxylic acids is 1. The fourth-order valence-electron chi connectivity index (χ4n) is 3.68. The number of oxazole rings is 1. The molecule has 0 spiro atoms. The molecule has 0 radical (unpaired) electrons. The summed E-state index contributed by atoms with van der Waals surface area (Å²) < 4.78 is 12.6. The van der Waals surface area contributed by atoms with E-state index in [1.54, 1.807) is 0 Å². The summed E-state index contributed by atoms with van der Waals surface area (Å²) in [6.07, 6.45) is 1.67. The molecule has 0 N–H and O–H groups in total. The third-order valence-electron chi connectivity index (χ3n) is 5.15. The van der Waals surface area contributed by atoms with Gasteiger partial charge in [0, 0.05) is 24.4 Å². The Morgan fingerprint density at radius 2 is 1.89 bits per heavy atom. The summed E-state index contributed by atoms with van der Waals surface area (Å²) in [6.45, 7) is 1.33. The maximum absolute atomic E-state index is 12.8. The second-order valence-electron chi connectivity index (χ2n) is 6.86. The van der Waals surface area contributed by atoms with Crippen LogP contribution in [0.2, 0.25) is 0 Å². The number of aromatic nitrogens is 1.